The first-order chi connectivity index (χ1) is 13.2. The predicted molar refractivity (Wildman–Crippen MR) is 101 cm³/mol. The molecule has 0 aliphatic rings. The summed E-state index contributed by atoms with van der Waals surface area (Å²) in [7, 11) is 0. The van der Waals surface area contributed by atoms with E-state index in [0.29, 0.717) is 48.1 Å². The van der Waals surface area contributed by atoms with Gasteiger partial charge in [-0.25, -0.2) is 9.37 Å². The fraction of sp³-hybridized carbons (Fsp3) is 0.238. The van der Waals surface area contributed by atoms with Crippen molar-refractivity contribution in [1.29, 1.82) is 0 Å². The number of carbonyl (C=O) groups is 1. The number of ether oxygens (including phenoxy) is 1. The van der Waals surface area contributed by atoms with Gasteiger partial charge in [-0.2, -0.15) is 0 Å². The van der Waals surface area contributed by atoms with E-state index in [1.54, 1.807) is 36.5 Å². The van der Waals surface area contributed by atoms with Gasteiger partial charge in [0.05, 0.1) is 11.8 Å². The minimum absolute atomic E-state index is 0.191. The lowest BCUT2D eigenvalue weighted by atomic mass is 10.1. The summed E-state index contributed by atoms with van der Waals surface area (Å²) in [6.45, 7) is 3.74. The van der Waals surface area contributed by atoms with Gasteiger partial charge in [-0.1, -0.05) is 12.1 Å². The van der Waals surface area contributed by atoms with Crippen molar-refractivity contribution in [2.24, 2.45) is 0 Å². The molecule has 5 nitrogen and oxygen atoms in total. The van der Waals surface area contributed by atoms with Crippen molar-refractivity contribution >= 4 is 5.91 Å². The second-order valence-electron chi connectivity index (χ2n) is 5.89. The first-order valence-electron chi connectivity index (χ1n) is 8.86. The highest BCUT2D eigenvalue weighted by atomic mass is 19.1. The second kappa shape index (κ2) is 9.09. The molecule has 6 heteroatoms. The van der Waals surface area contributed by atoms with Crippen LogP contribution in [0.1, 0.15) is 23.7 Å². The van der Waals surface area contributed by atoms with Crippen molar-refractivity contribution in [2.45, 2.75) is 13.3 Å². The molecule has 3 rings (SSSR count). The molecule has 0 unspecified atom stereocenters. The van der Waals surface area contributed by atoms with E-state index >= 15 is 0 Å². The van der Waals surface area contributed by atoms with Gasteiger partial charge in [0.1, 0.15) is 5.82 Å². The SMILES string of the molecule is CCOCCCNC(=O)c1ccccc1-c1ncc(-c2ccc(F)cc2)o1. The van der Waals surface area contributed by atoms with Crippen molar-refractivity contribution in [3.63, 3.8) is 0 Å². The molecule has 0 aliphatic carbocycles. The third kappa shape index (κ3) is 4.80. The third-order valence-corrected chi connectivity index (χ3v) is 3.99. The Morgan fingerprint density at radius 3 is 2.74 bits per heavy atom. The first kappa shape index (κ1) is 18.8. The predicted octanol–water partition coefficient (Wildman–Crippen LogP) is 4.30. The Morgan fingerprint density at radius 2 is 1.96 bits per heavy atom. The summed E-state index contributed by atoms with van der Waals surface area (Å²) < 4.78 is 24.2. The normalized spacial score (nSPS) is 10.7. The van der Waals surface area contributed by atoms with E-state index in [1.165, 1.54) is 12.1 Å². The number of aromatic nitrogens is 1. The highest BCUT2D eigenvalue weighted by molar-refractivity contribution is 6.00. The van der Waals surface area contributed by atoms with Gasteiger partial charge in [0.15, 0.2) is 5.76 Å². The summed E-state index contributed by atoms with van der Waals surface area (Å²) >= 11 is 0. The highest BCUT2D eigenvalue weighted by Crippen LogP contribution is 2.28. The maximum atomic E-state index is 13.1. The fourth-order valence-electron chi connectivity index (χ4n) is 2.63. The van der Waals surface area contributed by atoms with E-state index in [-0.39, 0.29) is 11.7 Å². The van der Waals surface area contributed by atoms with E-state index < -0.39 is 0 Å². The van der Waals surface area contributed by atoms with Crippen LogP contribution in [0.2, 0.25) is 0 Å². The Kier molecular flexibility index (Phi) is 6.33. The summed E-state index contributed by atoms with van der Waals surface area (Å²) in [5.41, 5.74) is 1.81. The Bertz CT molecular complexity index is 890. The maximum absolute atomic E-state index is 13.1. The van der Waals surface area contributed by atoms with Crippen LogP contribution in [0.5, 0.6) is 0 Å². The molecule has 0 bridgehead atoms. The molecule has 140 valence electrons. The zero-order chi connectivity index (χ0) is 19.1. The number of benzene rings is 2. The lowest BCUT2D eigenvalue weighted by molar-refractivity contribution is 0.0944. The van der Waals surface area contributed by atoms with Gasteiger partial charge in [-0.15, -0.1) is 0 Å². The molecule has 0 aliphatic heterocycles. The minimum atomic E-state index is -0.315. The largest absolute Gasteiger partial charge is 0.436 e. The van der Waals surface area contributed by atoms with Crippen LogP contribution in [0.15, 0.2) is 59.1 Å². The van der Waals surface area contributed by atoms with Crippen LogP contribution in [0, 0.1) is 5.82 Å². The van der Waals surface area contributed by atoms with Gasteiger partial charge in [-0.05, 0) is 49.7 Å². The fourth-order valence-corrected chi connectivity index (χ4v) is 2.63. The smallest absolute Gasteiger partial charge is 0.252 e. The Morgan fingerprint density at radius 1 is 1.19 bits per heavy atom. The standard InChI is InChI=1S/C21H21FN2O3/c1-2-26-13-5-12-23-20(25)17-6-3-4-7-18(17)21-24-14-19(27-21)15-8-10-16(22)11-9-15/h3-4,6-11,14H,2,5,12-13H2,1H3,(H,23,25). The summed E-state index contributed by atoms with van der Waals surface area (Å²) in [6.07, 6.45) is 2.31. The molecule has 27 heavy (non-hydrogen) atoms. The van der Waals surface area contributed by atoms with Crippen molar-refractivity contribution in [2.75, 3.05) is 19.8 Å². The summed E-state index contributed by atoms with van der Waals surface area (Å²) in [5.74, 6) is 0.347. The number of amides is 1. The first-order valence-corrected chi connectivity index (χ1v) is 8.86. The Hall–Kier alpha value is -2.99. The van der Waals surface area contributed by atoms with E-state index in [2.05, 4.69) is 10.3 Å². The van der Waals surface area contributed by atoms with Crippen molar-refractivity contribution < 1.29 is 18.3 Å². The zero-order valence-corrected chi connectivity index (χ0v) is 15.1. The number of rotatable bonds is 8. The molecule has 1 amide bonds. The quantitative estimate of drug-likeness (QED) is 0.602. The molecule has 1 aromatic heterocycles. The average molecular weight is 368 g/mol. The Labute approximate surface area is 157 Å². The van der Waals surface area contributed by atoms with Crippen LogP contribution in [-0.2, 0) is 4.74 Å². The molecule has 0 fully saturated rings. The molecule has 0 spiro atoms. The molecule has 1 heterocycles. The van der Waals surface area contributed by atoms with Gasteiger partial charge in [0.2, 0.25) is 5.89 Å². The van der Waals surface area contributed by atoms with E-state index in [9.17, 15) is 9.18 Å². The van der Waals surface area contributed by atoms with Crippen molar-refractivity contribution in [3.05, 3.63) is 66.1 Å². The van der Waals surface area contributed by atoms with Crippen molar-refractivity contribution in [3.8, 4) is 22.8 Å². The monoisotopic (exact) mass is 368 g/mol. The molecule has 0 radical (unpaired) electrons. The number of hydrogen-bond donors (Lipinski definition) is 1. The van der Waals surface area contributed by atoms with Gasteiger partial charge in [-0.3, -0.25) is 4.79 Å². The molecule has 0 saturated heterocycles. The lowest BCUT2D eigenvalue weighted by Gasteiger charge is -2.08. The summed E-state index contributed by atoms with van der Waals surface area (Å²) in [4.78, 5) is 16.8. The average Bonchev–Trinajstić information content (AvgIpc) is 3.18. The number of hydrogen-bond acceptors (Lipinski definition) is 4. The second-order valence-corrected chi connectivity index (χ2v) is 5.89. The van der Waals surface area contributed by atoms with Crippen LogP contribution >= 0.6 is 0 Å². The van der Waals surface area contributed by atoms with Crippen LogP contribution < -0.4 is 5.32 Å². The maximum Gasteiger partial charge on any atom is 0.252 e. The molecule has 2 aromatic carbocycles. The zero-order valence-electron chi connectivity index (χ0n) is 15.1. The summed E-state index contributed by atoms with van der Waals surface area (Å²) in [6, 6.07) is 13.1. The van der Waals surface area contributed by atoms with Crippen LogP contribution in [0.4, 0.5) is 4.39 Å². The number of carbonyl (C=O) groups excluding carboxylic acids is 1. The molecular formula is C21H21FN2O3. The molecule has 0 saturated carbocycles. The van der Waals surface area contributed by atoms with Gasteiger partial charge >= 0.3 is 0 Å². The van der Waals surface area contributed by atoms with Crippen LogP contribution in [0.25, 0.3) is 22.8 Å². The number of halogens is 1. The molecule has 3 aromatic rings. The third-order valence-electron chi connectivity index (χ3n) is 3.99. The lowest BCUT2D eigenvalue weighted by Crippen LogP contribution is -2.25. The van der Waals surface area contributed by atoms with E-state index in [0.717, 1.165) is 6.42 Å². The topological polar surface area (TPSA) is 64.4 Å². The van der Waals surface area contributed by atoms with E-state index in [1.807, 2.05) is 13.0 Å². The number of oxazole rings is 1. The van der Waals surface area contributed by atoms with Gasteiger partial charge < -0.3 is 14.5 Å². The minimum Gasteiger partial charge on any atom is -0.436 e. The van der Waals surface area contributed by atoms with Gasteiger partial charge in [0.25, 0.3) is 5.91 Å². The van der Waals surface area contributed by atoms with E-state index in [4.69, 9.17) is 9.15 Å². The van der Waals surface area contributed by atoms with Crippen LogP contribution in [0.3, 0.4) is 0 Å². The Balaban J connectivity index is 1.76. The molecule has 0 atom stereocenters. The van der Waals surface area contributed by atoms with Crippen molar-refractivity contribution in [1.82, 2.24) is 10.3 Å². The highest BCUT2D eigenvalue weighted by Gasteiger charge is 2.16. The number of nitrogens with one attached hydrogen (secondary N) is 1. The molecular weight excluding hydrogens is 347 g/mol. The van der Waals surface area contributed by atoms with Gasteiger partial charge in [0, 0.05) is 30.9 Å². The number of nitrogens with zero attached hydrogens (tertiary/aromatic N) is 1. The molecule has 1 N–H and O–H groups in total. The van der Waals surface area contributed by atoms with Crippen LogP contribution in [-0.4, -0.2) is 30.6 Å². The summed E-state index contributed by atoms with van der Waals surface area (Å²) in [5, 5.41) is 2.88.